The van der Waals surface area contributed by atoms with Gasteiger partial charge in [-0.05, 0) is 29.5 Å². The van der Waals surface area contributed by atoms with Gasteiger partial charge in [0.25, 0.3) is 0 Å². The predicted octanol–water partition coefficient (Wildman–Crippen LogP) is 3.43. The van der Waals surface area contributed by atoms with E-state index in [4.69, 9.17) is 0 Å². The van der Waals surface area contributed by atoms with Crippen LogP contribution < -0.4 is 5.32 Å². The summed E-state index contributed by atoms with van der Waals surface area (Å²) in [5.41, 5.74) is 0. The molecule has 1 N–H and O–H groups in total. The van der Waals surface area contributed by atoms with Gasteiger partial charge < -0.3 is 5.32 Å². The summed E-state index contributed by atoms with van der Waals surface area (Å²) in [7, 11) is -3.55. The molecular formula is C17H21NO3S2. The molecule has 0 saturated heterocycles. The van der Waals surface area contributed by atoms with E-state index in [1.54, 1.807) is 36.4 Å². The highest BCUT2D eigenvalue weighted by molar-refractivity contribution is 7.91. The molecule has 0 bridgehead atoms. The Morgan fingerprint density at radius 2 is 1.83 bits per heavy atom. The maximum absolute atomic E-state index is 12.9. The van der Waals surface area contributed by atoms with Crippen LogP contribution in [0, 0.1) is 5.92 Å². The number of carbonyl (C=O) groups excluding carboxylic acids is 1. The first kappa shape index (κ1) is 17.7. The second-order valence-electron chi connectivity index (χ2n) is 5.76. The zero-order valence-corrected chi connectivity index (χ0v) is 14.9. The zero-order valence-electron chi connectivity index (χ0n) is 13.2. The summed E-state index contributed by atoms with van der Waals surface area (Å²) >= 11 is 1.39. The lowest BCUT2D eigenvalue weighted by Gasteiger charge is -2.18. The van der Waals surface area contributed by atoms with E-state index in [1.807, 2.05) is 25.3 Å². The highest BCUT2D eigenvalue weighted by atomic mass is 32.2. The third-order valence-corrected chi connectivity index (χ3v) is 6.62. The number of nitrogens with one attached hydrogen (secondary N) is 1. The maximum atomic E-state index is 12.9. The van der Waals surface area contributed by atoms with Gasteiger partial charge in [-0.15, -0.1) is 11.3 Å². The summed E-state index contributed by atoms with van der Waals surface area (Å²) in [6, 6.07) is 12.0. The van der Waals surface area contributed by atoms with E-state index in [0.717, 1.165) is 4.88 Å². The van der Waals surface area contributed by atoms with Crippen LogP contribution in [-0.2, 0) is 14.6 Å². The number of benzene rings is 1. The molecule has 0 aliphatic heterocycles. The lowest BCUT2D eigenvalue weighted by Crippen LogP contribution is -2.32. The van der Waals surface area contributed by atoms with Crippen molar-refractivity contribution in [1.29, 1.82) is 0 Å². The van der Waals surface area contributed by atoms with Gasteiger partial charge in [0.05, 0.1) is 4.90 Å². The van der Waals surface area contributed by atoms with Gasteiger partial charge in [-0.3, -0.25) is 4.79 Å². The molecule has 0 saturated carbocycles. The molecule has 1 atom stereocenters. The second kappa shape index (κ2) is 7.75. The number of amides is 1. The summed E-state index contributed by atoms with van der Waals surface area (Å²) in [6.45, 7) is 4.00. The van der Waals surface area contributed by atoms with Crippen LogP contribution >= 0.6 is 11.3 Å². The summed E-state index contributed by atoms with van der Waals surface area (Å²) < 4.78 is 25.8. The van der Waals surface area contributed by atoms with Crippen molar-refractivity contribution in [3.8, 4) is 0 Å². The smallest absolute Gasteiger partial charge is 0.220 e. The summed E-state index contributed by atoms with van der Waals surface area (Å²) in [5, 5.41) is 3.85. The van der Waals surface area contributed by atoms with Gasteiger partial charge >= 0.3 is 0 Å². The molecule has 0 fully saturated rings. The molecule has 4 nitrogen and oxygen atoms in total. The number of hydrogen-bond donors (Lipinski definition) is 1. The van der Waals surface area contributed by atoms with Crippen molar-refractivity contribution in [2.24, 2.45) is 5.92 Å². The highest BCUT2D eigenvalue weighted by Crippen LogP contribution is 2.31. The quantitative estimate of drug-likeness (QED) is 0.831. The van der Waals surface area contributed by atoms with Crippen LogP contribution in [-0.4, -0.2) is 20.9 Å². The van der Waals surface area contributed by atoms with Crippen LogP contribution in [0.15, 0.2) is 52.7 Å². The first-order valence-electron chi connectivity index (χ1n) is 7.50. The molecule has 0 unspecified atom stereocenters. The summed E-state index contributed by atoms with van der Waals surface area (Å²) in [4.78, 5) is 12.9. The van der Waals surface area contributed by atoms with Crippen LogP contribution in [0.4, 0.5) is 0 Å². The number of carbonyl (C=O) groups is 1. The lowest BCUT2D eigenvalue weighted by molar-refractivity contribution is -0.121. The molecule has 0 aliphatic carbocycles. The van der Waals surface area contributed by atoms with Crippen molar-refractivity contribution >= 4 is 27.1 Å². The number of thiophene rings is 1. The van der Waals surface area contributed by atoms with Crippen molar-refractivity contribution in [2.75, 3.05) is 6.54 Å². The van der Waals surface area contributed by atoms with Crippen LogP contribution in [0.5, 0.6) is 0 Å². The van der Waals surface area contributed by atoms with E-state index in [-0.39, 0.29) is 23.3 Å². The Hall–Kier alpha value is -1.66. The van der Waals surface area contributed by atoms with Crippen molar-refractivity contribution in [1.82, 2.24) is 5.32 Å². The third kappa shape index (κ3) is 4.65. The minimum atomic E-state index is -3.55. The van der Waals surface area contributed by atoms with E-state index >= 15 is 0 Å². The fraction of sp³-hybridized carbons (Fsp3) is 0.353. The van der Waals surface area contributed by atoms with Crippen LogP contribution in [0.2, 0.25) is 0 Å². The normalized spacial score (nSPS) is 13.0. The number of hydrogen-bond acceptors (Lipinski definition) is 4. The fourth-order valence-electron chi connectivity index (χ4n) is 2.26. The summed E-state index contributed by atoms with van der Waals surface area (Å²) in [5.74, 6) is 0.116. The molecule has 1 heterocycles. The monoisotopic (exact) mass is 351 g/mol. The number of rotatable bonds is 7. The Bertz CT molecular complexity index is 722. The molecule has 0 spiro atoms. The van der Waals surface area contributed by atoms with E-state index in [2.05, 4.69) is 5.32 Å². The Morgan fingerprint density at radius 1 is 1.13 bits per heavy atom. The zero-order chi connectivity index (χ0) is 16.9. The van der Waals surface area contributed by atoms with Crippen molar-refractivity contribution < 1.29 is 13.2 Å². The highest BCUT2D eigenvalue weighted by Gasteiger charge is 2.30. The third-order valence-electron chi connectivity index (χ3n) is 3.39. The lowest BCUT2D eigenvalue weighted by atomic mass is 10.1. The predicted molar refractivity (Wildman–Crippen MR) is 93.2 cm³/mol. The average molecular weight is 351 g/mol. The average Bonchev–Trinajstić information content (AvgIpc) is 3.01. The van der Waals surface area contributed by atoms with Gasteiger partial charge in [-0.25, -0.2) is 8.42 Å². The van der Waals surface area contributed by atoms with Gasteiger partial charge in [-0.1, -0.05) is 38.1 Å². The van der Waals surface area contributed by atoms with Crippen LogP contribution in [0.1, 0.15) is 30.4 Å². The van der Waals surface area contributed by atoms with Gasteiger partial charge in [0.15, 0.2) is 9.84 Å². The Morgan fingerprint density at radius 3 is 2.39 bits per heavy atom. The SMILES string of the molecule is CC(C)CC(=O)NC[C@H](c1cccs1)S(=O)(=O)c1ccccc1. The number of sulfone groups is 1. The van der Waals surface area contributed by atoms with E-state index in [0.29, 0.717) is 6.42 Å². The molecule has 1 aromatic carbocycles. The van der Waals surface area contributed by atoms with Gasteiger partial charge in [-0.2, -0.15) is 0 Å². The molecule has 2 rings (SSSR count). The van der Waals surface area contributed by atoms with Crippen molar-refractivity contribution in [3.05, 3.63) is 52.7 Å². The largest absolute Gasteiger partial charge is 0.354 e. The molecule has 124 valence electrons. The minimum Gasteiger partial charge on any atom is -0.354 e. The Labute approximate surface area is 141 Å². The molecule has 0 aliphatic rings. The topological polar surface area (TPSA) is 63.2 Å². The molecule has 1 aromatic heterocycles. The fourth-order valence-corrected chi connectivity index (χ4v) is 5.07. The van der Waals surface area contributed by atoms with Crippen LogP contribution in [0.25, 0.3) is 0 Å². The molecule has 23 heavy (non-hydrogen) atoms. The van der Waals surface area contributed by atoms with Crippen molar-refractivity contribution in [2.45, 2.75) is 30.4 Å². The van der Waals surface area contributed by atoms with Crippen LogP contribution in [0.3, 0.4) is 0 Å². The first-order chi connectivity index (χ1) is 10.9. The van der Waals surface area contributed by atoms with Crippen molar-refractivity contribution in [3.63, 3.8) is 0 Å². The first-order valence-corrected chi connectivity index (χ1v) is 9.93. The Kier molecular flexibility index (Phi) is 5.96. The van der Waals surface area contributed by atoms with Gasteiger partial charge in [0.1, 0.15) is 5.25 Å². The maximum Gasteiger partial charge on any atom is 0.220 e. The molecule has 0 radical (unpaired) electrons. The molecule has 2 aromatic rings. The molecule has 1 amide bonds. The standard InChI is InChI=1S/C17H21NO3S2/c1-13(2)11-17(19)18-12-16(15-9-6-10-22-15)23(20,21)14-7-4-3-5-8-14/h3-10,13,16H,11-12H2,1-2H3,(H,18,19)/t16-/m1/s1. The van der Waals surface area contributed by atoms with E-state index < -0.39 is 15.1 Å². The van der Waals surface area contributed by atoms with E-state index in [1.165, 1.54) is 11.3 Å². The van der Waals surface area contributed by atoms with Gasteiger partial charge in [0.2, 0.25) is 5.91 Å². The van der Waals surface area contributed by atoms with E-state index in [9.17, 15) is 13.2 Å². The minimum absolute atomic E-state index is 0.0866. The molecular weight excluding hydrogens is 330 g/mol. The second-order valence-corrected chi connectivity index (χ2v) is 8.87. The van der Waals surface area contributed by atoms with Gasteiger partial charge in [0, 0.05) is 17.8 Å². The Balaban J connectivity index is 2.24. The molecule has 6 heteroatoms. The summed E-state index contributed by atoms with van der Waals surface area (Å²) in [6.07, 6.45) is 0.391.